The Morgan fingerprint density at radius 1 is 1.05 bits per heavy atom. The van der Waals surface area contributed by atoms with Crippen molar-refractivity contribution in [3.05, 3.63) is 59.7 Å². The average Bonchev–Trinajstić information content (AvgIpc) is 2.46. The highest BCUT2D eigenvalue weighted by atomic mass is 16.4. The molecule has 0 saturated carbocycles. The average molecular weight is 283 g/mol. The number of carboxylic acids is 1. The number of carbonyl (C=O) groups excluding carboxylic acids is 1. The molecule has 0 atom stereocenters. The number of aliphatic carboxylic acids is 1. The van der Waals surface area contributed by atoms with Crippen molar-refractivity contribution >= 4 is 11.9 Å². The minimum Gasteiger partial charge on any atom is -0.480 e. The number of hydrogen-bond donors (Lipinski definition) is 1. The van der Waals surface area contributed by atoms with Gasteiger partial charge in [0.15, 0.2) is 0 Å². The first kappa shape index (κ1) is 14.8. The van der Waals surface area contributed by atoms with Crippen molar-refractivity contribution in [3.8, 4) is 11.1 Å². The molecule has 0 bridgehead atoms. The van der Waals surface area contributed by atoms with E-state index in [0.29, 0.717) is 5.56 Å². The van der Waals surface area contributed by atoms with Crippen LogP contribution in [0.2, 0.25) is 0 Å². The molecule has 0 aliphatic rings. The van der Waals surface area contributed by atoms with Crippen molar-refractivity contribution < 1.29 is 14.7 Å². The number of likely N-dealkylation sites (N-methyl/N-ethyl adjacent to an activating group) is 1. The highest BCUT2D eigenvalue weighted by Crippen LogP contribution is 2.24. The molecule has 0 unspecified atom stereocenters. The lowest BCUT2D eigenvalue weighted by Gasteiger charge is -2.17. The van der Waals surface area contributed by atoms with E-state index in [1.807, 2.05) is 43.3 Å². The minimum absolute atomic E-state index is 0.298. The number of nitrogens with zero attached hydrogens (tertiary/aromatic N) is 1. The Kier molecular flexibility index (Phi) is 4.38. The monoisotopic (exact) mass is 283 g/mol. The smallest absolute Gasteiger partial charge is 0.323 e. The van der Waals surface area contributed by atoms with E-state index in [0.717, 1.165) is 16.7 Å². The van der Waals surface area contributed by atoms with Crippen LogP contribution in [0.4, 0.5) is 0 Å². The van der Waals surface area contributed by atoms with Crippen LogP contribution in [-0.2, 0) is 4.79 Å². The topological polar surface area (TPSA) is 57.6 Å². The second-order valence-corrected chi connectivity index (χ2v) is 4.97. The van der Waals surface area contributed by atoms with Gasteiger partial charge in [0.2, 0.25) is 0 Å². The van der Waals surface area contributed by atoms with E-state index in [2.05, 4.69) is 0 Å². The first-order valence-corrected chi connectivity index (χ1v) is 6.62. The molecule has 4 heteroatoms. The molecular formula is C17H17NO3. The summed E-state index contributed by atoms with van der Waals surface area (Å²) in [5, 5.41) is 8.80. The Morgan fingerprint density at radius 2 is 1.67 bits per heavy atom. The van der Waals surface area contributed by atoms with E-state index in [1.54, 1.807) is 12.1 Å². The molecule has 0 heterocycles. The molecule has 1 amide bonds. The Hall–Kier alpha value is -2.62. The first-order chi connectivity index (χ1) is 9.99. The number of hydrogen-bond acceptors (Lipinski definition) is 2. The van der Waals surface area contributed by atoms with E-state index >= 15 is 0 Å². The molecule has 0 radical (unpaired) electrons. The summed E-state index contributed by atoms with van der Waals surface area (Å²) in [4.78, 5) is 24.4. The lowest BCUT2D eigenvalue weighted by atomic mass is 9.98. The Morgan fingerprint density at radius 3 is 2.29 bits per heavy atom. The van der Waals surface area contributed by atoms with Crippen LogP contribution >= 0.6 is 0 Å². The maximum Gasteiger partial charge on any atom is 0.323 e. The van der Waals surface area contributed by atoms with Gasteiger partial charge in [-0.3, -0.25) is 9.59 Å². The number of rotatable bonds is 4. The largest absolute Gasteiger partial charge is 0.480 e. The predicted octanol–water partition coefficient (Wildman–Crippen LogP) is 2.82. The lowest BCUT2D eigenvalue weighted by molar-refractivity contribution is -0.137. The van der Waals surface area contributed by atoms with Gasteiger partial charge in [0.25, 0.3) is 5.91 Å². The molecule has 1 N–H and O–H groups in total. The van der Waals surface area contributed by atoms with Gasteiger partial charge in [0, 0.05) is 12.6 Å². The number of amides is 1. The van der Waals surface area contributed by atoms with Crippen LogP contribution in [0.15, 0.2) is 48.5 Å². The zero-order chi connectivity index (χ0) is 15.4. The SMILES string of the molecule is Cc1ccc(-c2ccccc2C(=O)N(C)CC(=O)O)cc1. The maximum atomic E-state index is 12.4. The van der Waals surface area contributed by atoms with E-state index in [1.165, 1.54) is 11.9 Å². The lowest BCUT2D eigenvalue weighted by Crippen LogP contribution is -2.32. The molecule has 0 saturated heterocycles. The zero-order valence-electron chi connectivity index (χ0n) is 12.0. The summed E-state index contributed by atoms with van der Waals surface area (Å²) in [6.07, 6.45) is 0. The Labute approximate surface area is 123 Å². The van der Waals surface area contributed by atoms with Gasteiger partial charge in [-0.05, 0) is 24.1 Å². The summed E-state index contributed by atoms with van der Waals surface area (Å²) in [6.45, 7) is 1.68. The van der Waals surface area contributed by atoms with Gasteiger partial charge < -0.3 is 10.0 Å². The van der Waals surface area contributed by atoms with Crippen LogP contribution in [0.5, 0.6) is 0 Å². The van der Waals surface area contributed by atoms with E-state index in [-0.39, 0.29) is 12.5 Å². The summed E-state index contributed by atoms with van der Waals surface area (Å²) in [5.41, 5.74) is 3.39. The molecule has 0 aliphatic carbocycles. The number of aryl methyl sites for hydroxylation is 1. The van der Waals surface area contributed by atoms with E-state index < -0.39 is 5.97 Å². The maximum absolute atomic E-state index is 12.4. The van der Waals surface area contributed by atoms with Crippen LogP contribution < -0.4 is 0 Å². The van der Waals surface area contributed by atoms with Crippen LogP contribution in [0.3, 0.4) is 0 Å². The van der Waals surface area contributed by atoms with Crippen molar-refractivity contribution in [2.24, 2.45) is 0 Å². The molecule has 2 aromatic carbocycles. The molecule has 21 heavy (non-hydrogen) atoms. The third kappa shape index (κ3) is 3.48. The van der Waals surface area contributed by atoms with Gasteiger partial charge in [-0.15, -0.1) is 0 Å². The third-order valence-corrected chi connectivity index (χ3v) is 3.24. The number of carboxylic acid groups (broad SMARTS) is 1. The zero-order valence-corrected chi connectivity index (χ0v) is 12.0. The molecule has 2 rings (SSSR count). The van der Waals surface area contributed by atoms with Gasteiger partial charge in [-0.2, -0.15) is 0 Å². The van der Waals surface area contributed by atoms with Crippen LogP contribution in [0.25, 0.3) is 11.1 Å². The van der Waals surface area contributed by atoms with E-state index in [9.17, 15) is 9.59 Å². The van der Waals surface area contributed by atoms with Crippen molar-refractivity contribution in [1.29, 1.82) is 0 Å². The second kappa shape index (κ2) is 6.22. The van der Waals surface area contributed by atoms with E-state index in [4.69, 9.17) is 5.11 Å². The van der Waals surface area contributed by atoms with Gasteiger partial charge in [-0.25, -0.2) is 0 Å². The fourth-order valence-electron chi connectivity index (χ4n) is 2.13. The molecule has 4 nitrogen and oxygen atoms in total. The summed E-state index contributed by atoms with van der Waals surface area (Å²) in [6, 6.07) is 15.1. The summed E-state index contributed by atoms with van der Waals surface area (Å²) in [5.74, 6) is -1.33. The summed E-state index contributed by atoms with van der Waals surface area (Å²) in [7, 11) is 1.49. The molecular weight excluding hydrogens is 266 g/mol. The summed E-state index contributed by atoms with van der Waals surface area (Å²) < 4.78 is 0. The molecule has 0 aromatic heterocycles. The van der Waals surface area contributed by atoms with Crippen molar-refractivity contribution in [2.75, 3.05) is 13.6 Å². The fourth-order valence-corrected chi connectivity index (χ4v) is 2.13. The molecule has 2 aromatic rings. The van der Waals surface area contributed by atoms with Crippen LogP contribution in [0, 0.1) is 6.92 Å². The van der Waals surface area contributed by atoms with Gasteiger partial charge >= 0.3 is 5.97 Å². The quantitative estimate of drug-likeness (QED) is 0.938. The van der Waals surface area contributed by atoms with Crippen LogP contribution in [0.1, 0.15) is 15.9 Å². The van der Waals surface area contributed by atoms with Crippen molar-refractivity contribution in [3.63, 3.8) is 0 Å². The molecule has 0 spiro atoms. The highest BCUT2D eigenvalue weighted by Gasteiger charge is 2.18. The van der Waals surface area contributed by atoms with Gasteiger partial charge in [0.05, 0.1) is 0 Å². The normalized spacial score (nSPS) is 10.2. The Balaban J connectivity index is 2.39. The molecule has 0 aliphatic heterocycles. The Bertz CT molecular complexity index is 662. The van der Waals surface area contributed by atoms with Gasteiger partial charge in [0.1, 0.15) is 6.54 Å². The standard InChI is InChI=1S/C17H17NO3/c1-12-7-9-13(10-8-12)14-5-3-4-6-15(14)17(21)18(2)11-16(19)20/h3-10H,11H2,1-2H3,(H,19,20). The predicted molar refractivity (Wildman–Crippen MR) is 81.2 cm³/mol. The highest BCUT2D eigenvalue weighted by molar-refractivity contribution is 6.01. The van der Waals surface area contributed by atoms with Crippen molar-refractivity contribution in [2.45, 2.75) is 6.92 Å². The first-order valence-electron chi connectivity index (χ1n) is 6.62. The molecule has 0 fully saturated rings. The van der Waals surface area contributed by atoms with Gasteiger partial charge in [-0.1, -0.05) is 48.0 Å². The fraction of sp³-hybridized carbons (Fsp3) is 0.176. The molecule has 108 valence electrons. The third-order valence-electron chi connectivity index (χ3n) is 3.24. The minimum atomic E-state index is -1.03. The number of benzene rings is 2. The van der Waals surface area contributed by atoms with Crippen molar-refractivity contribution in [1.82, 2.24) is 4.90 Å². The van der Waals surface area contributed by atoms with Crippen LogP contribution in [-0.4, -0.2) is 35.5 Å². The summed E-state index contributed by atoms with van der Waals surface area (Å²) >= 11 is 0. The number of carbonyl (C=O) groups is 2. The second-order valence-electron chi connectivity index (χ2n) is 4.97.